The molecule has 3 unspecified atom stereocenters. The third kappa shape index (κ3) is 2.04. The molecule has 2 nitrogen and oxygen atoms in total. The van der Waals surface area contributed by atoms with Crippen LogP contribution in [-0.2, 0) is 11.2 Å². The van der Waals surface area contributed by atoms with Crippen LogP contribution in [0.1, 0.15) is 37.7 Å². The van der Waals surface area contributed by atoms with Gasteiger partial charge in [0.2, 0.25) is 0 Å². The molecule has 3 atom stereocenters. The highest BCUT2D eigenvalue weighted by molar-refractivity contribution is 5.16. The standard InChI is InChI=1S/C16H19NO/c17-12-16(11-14-8-9-15(16)18-14)10-4-7-13-5-2-1-3-6-13/h1-3,5-6,14-15H,4,7-11H2. The van der Waals surface area contributed by atoms with Crippen LogP contribution in [0.3, 0.4) is 0 Å². The van der Waals surface area contributed by atoms with Crippen LogP contribution in [0.5, 0.6) is 0 Å². The molecule has 0 aliphatic carbocycles. The molecule has 2 aliphatic heterocycles. The second kappa shape index (κ2) is 4.74. The van der Waals surface area contributed by atoms with Gasteiger partial charge in [0.05, 0.1) is 23.7 Å². The Morgan fingerprint density at radius 3 is 2.72 bits per heavy atom. The zero-order valence-electron chi connectivity index (χ0n) is 10.6. The zero-order chi connectivity index (χ0) is 12.4. The lowest BCUT2D eigenvalue weighted by atomic mass is 9.72. The van der Waals surface area contributed by atoms with Crippen molar-refractivity contribution < 1.29 is 4.74 Å². The molecule has 2 heteroatoms. The molecule has 0 radical (unpaired) electrons. The van der Waals surface area contributed by atoms with E-state index in [0.29, 0.717) is 6.10 Å². The highest BCUT2D eigenvalue weighted by Crippen LogP contribution is 2.50. The molecule has 0 aromatic heterocycles. The summed E-state index contributed by atoms with van der Waals surface area (Å²) in [5, 5.41) is 9.51. The van der Waals surface area contributed by atoms with E-state index < -0.39 is 0 Å². The predicted octanol–water partition coefficient (Wildman–Crippen LogP) is 3.47. The van der Waals surface area contributed by atoms with Crippen molar-refractivity contribution >= 4 is 0 Å². The van der Waals surface area contributed by atoms with Crippen LogP contribution in [0, 0.1) is 16.7 Å². The quantitative estimate of drug-likeness (QED) is 0.808. The van der Waals surface area contributed by atoms with Gasteiger partial charge in [-0.25, -0.2) is 0 Å². The Hall–Kier alpha value is -1.33. The molecule has 0 spiro atoms. The number of hydrogen-bond acceptors (Lipinski definition) is 2. The topological polar surface area (TPSA) is 33.0 Å². The van der Waals surface area contributed by atoms with Gasteiger partial charge in [-0.2, -0.15) is 5.26 Å². The molecule has 2 bridgehead atoms. The maximum Gasteiger partial charge on any atom is 0.0859 e. The number of ether oxygens (including phenoxy) is 1. The van der Waals surface area contributed by atoms with Crippen molar-refractivity contribution in [3.8, 4) is 6.07 Å². The number of nitrogens with zero attached hydrogens (tertiary/aromatic N) is 1. The first-order chi connectivity index (χ1) is 8.82. The first-order valence-corrected chi connectivity index (χ1v) is 6.93. The van der Waals surface area contributed by atoms with Crippen LogP contribution < -0.4 is 0 Å². The van der Waals surface area contributed by atoms with Gasteiger partial charge in [0.1, 0.15) is 0 Å². The highest BCUT2D eigenvalue weighted by atomic mass is 16.5. The minimum absolute atomic E-state index is 0.183. The normalized spacial score (nSPS) is 33.5. The molecule has 1 aromatic carbocycles. The highest BCUT2D eigenvalue weighted by Gasteiger charge is 2.52. The van der Waals surface area contributed by atoms with E-state index in [1.54, 1.807) is 0 Å². The Kier molecular flexibility index (Phi) is 3.09. The third-order valence-corrected chi connectivity index (χ3v) is 4.47. The molecule has 94 valence electrons. The van der Waals surface area contributed by atoms with Gasteiger partial charge >= 0.3 is 0 Å². The van der Waals surface area contributed by atoms with E-state index in [2.05, 4.69) is 30.3 Å². The molecule has 2 aliphatic rings. The summed E-state index contributed by atoms with van der Waals surface area (Å²) in [4.78, 5) is 0. The fraction of sp³-hybridized carbons (Fsp3) is 0.562. The van der Waals surface area contributed by atoms with E-state index >= 15 is 0 Å². The van der Waals surface area contributed by atoms with Gasteiger partial charge in [-0.05, 0) is 44.1 Å². The van der Waals surface area contributed by atoms with Crippen LogP contribution in [0.2, 0.25) is 0 Å². The average Bonchev–Trinajstić information content (AvgIpc) is 3.01. The maximum atomic E-state index is 9.51. The molecule has 0 N–H and O–H groups in total. The number of aryl methyl sites for hydroxylation is 1. The van der Waals surface area contributed by atoms with Gasteiger partial charge in [0.25, 0.3) is 0 Å². The molecule has 2 heterocycles. The van der Waals surface area contributed by atoms with Crippen LogP contribution >= 0.6 is 0 Å². The van der Waals surface area contributed by atoms with Crippen molar-refractivity contribution in [3.05, 3.63) is 35.9 Å². The summed E-state index contributed by atoms with van der Waals surface area (Å²) in [6, 6.07) is 13.1. The molecule has 3 rings (SSSR count). The second-order valence-corrected chi connectivity index (χ2v) is 5.64. The predicted molar refractivity (Wildman–Crippen MR) is 69.9 cm³/mol. The van der Waals surface area contributed by atoms with Crippen molar-refractivity contribution in [1.29, 1.82) is 5.26 Å². The summed E-state index contributed by atoms with van der Waals surface area (Å²) in [6.07, 6.45) is 6.93. The van der Waals surface area contributed by atoms with Gasteiger partial charge in [-0.3, -0.25) is 0 Å². The molecule has 2 saturated heterocycles. The molecular weight excluding hydrogens is 222 g/mol. The molecule has 2 fully saturated rings. The average molecular weight is 241 g/mol. The summed E-state index contributed by atoms with van der Waals surface area (Å²) < 4.78 is 5.86. The van der Waals surface area contributed by atoms with Crippen LogP contribution in [0.15, 0.2) is 30.3 Å². The Balaban J connectivity index is 1.58. The van der Waals surface area contributed by atoms with E-state index in [1.807, 2.05) is 6.07 Å². The summed E-state index contributed by atoms with van der Waals surface area (Å²) in [6.45, 7) is 0. The van der Waals surface area contributed by atoms with Crippen LogP contribution in [-0.4, -0.2) is 12.2 Å². The van der Waals surface area contributed by atoms with Gasteiger partial charge in [-0.1, -0.05) is 30.3 Å². The lowest BCUT2D eigenvalue weighted by molar-refractivity contribution is 0.0757. The number of benzene rings is 1. The van der Waals surface area contributed by atoms with Crippen molar-refractivity contribution in [2.24, 2.45) is 5.41 Å². The minimum Gasteiger partial charge on any atom is -0.373 e. The van der Waals surface area contributed by atoms with E-state index in [1.165, 1.54) is 5.56 Å². The molecular formula is C16H19NO. The van der Waals surface area contributed by atoms with E-state index in [4.69, 9.17) is 4.74 Å². The fourth-order valence-corrected chi connectivity index (χ4v) is 3.49. The van der Waals surface area contributed by atoms with Gasteiger partial charge < -0.3 is 4.74 Å². The smallest absolute Gasteiger partial charge is 0.0859 e. The first kappa shape index (κ1) is 11.7. The number of nitriles is 1. The third-order valence-electron chi connectivity index (χ3n) is 4.47. The van der Waals surface area contributed by atoms with E-state index in [0.717, 1.165) is 38.5 Å². The Morgan fingerprint density at radius 2 is 2.11 bits per heavy atom. The molecule has 18 heavy (non-hydrogen) atoms. The Morgan fingerprint density at radius 1 is 1.28 bits per heavy atom. The summed E-state index contributed by atoms with van der Waals surface area (Å²) in [7, 11) is 0. The SMILES string of the molecule is N#CC1(CCCc2ccccc2)CC2CCC1O2. The molecule has 0 amide bonds. The zero-order valence-corrected chi connectivity index (χ0v) is 10.6. The minimum atomic E-state index is -0.183. The van der Waals surface area contributed by atoms with Crippen molar-refractivity contribution in [2.45, 2.75) is 50.7 Å². The lowest BCUT2D eigenvalue weighted by Gasteiger charge is -2.28. The van der Waals surface area contributed by atoms with E-state index in [9.17, 15) is 5.26 Å². The summed E-state index contributed by atoms with van der Waals surface area (Å²) >= 11 is 0. The van der Waals surface area contributed by atoms with Crippen LogP contribution in [0.25, 0.3) is 0 Å². The largest absolute Gasteiger partial charge is 0.373 e. The first-order valence-electron chi connectivity index (χ1n) is 6.93. The van der Waals surface area contributed by atoms with Crippen molar-refractivity contribution in [3.63, 3.8) is 0 Å². The number of fused-ring (bicyclic) bond motifs is 2. The monoisotopic (exact) mass is 241 g/mol. The Labute approximate surface area is 109 Å². The van der Waals surface area contributed by atoms with Gasteiger partial charge in [-0.15, -0.1) is 0 Å². The fourth-order valence-electron chi connectivity index (χ4n) is 3.49. The van der Waals surface area contributed by atoms with Crippen molar-refractivity contribution in [1.82, 2.24) is 0 Å². The van der Waals surface area contributed by atoms with E-state index in [-0.39, 0.29) is 11.5 Å². The number of rotatable bonds is 4. The summed E-state index contributed by atoms with van der Waals surface area (Å²) in [5.41, 5.74) is 1.19. The van der Waals surface area contributed by atoms with Crippen LogP contribution in [0.4, 0.5) is 0 Å². The number of hydrogen-bond donors (Lipinski definition) is 0. The molecule has 0 saturated carbocycles. The van der Waals surface area contributed by atoms with Gasteiger partial charge in [0.15, 0.2) is 0 Å². The molecule has 1 aromatic rings. The lowest BCUT2D eigenvalue weighted by Crippen LogP contribution is -2.30. The van der Waals surface area contributed by atoms with Gasteiger partial charge in [0, 0.05) is 0 Å². The second-order valence-electron chi connectivity index (χ2n) is 5.64. The Bertz CT molecular complexity index is 450. The maximum absolute atomic E-state index is 9.51. The summed E-state index contributed by atoms with van der Waals surface area (Å²) in [5.74, 6) is 0. The van der Waals surface area contributed by atoms with Crippen molar-refractivity contribution in [2.75, 3.05) is 0 Å².